The van der Waals surface area contributed by atoms with E-state index in [-0.39, 0.29) is 5.97 Å². The van der Waals surface area contributed by atoms with Gasteiger partial charge in [0.05, 0.1) is 6.42 Å². The highest BCUT2D eigenvalue weighted by molar-refractivity contribution is 5.70. The van der Waals surface area contributed by atoms with Crippen molar-refractivity contribution in [2.24, 2.45) is 0 Å². The summed E-state index contributed by atoms with van der Waals surface area (Å²) in [5, 5.41) is 0. The molecule has 1 aromatic rings. The minimum atomic E-state index is -0.402. The van der Waals surface area contributed by atoms with E-state index >= 15 is 0 Å². The maximum absolute atomic E-state index is 11.7. The Hall–Kier alpha value is -1.69. The summed E-state index contributed by atoms with van der Waals surface area (Å²) in [5.41, 5.74) is -0.402. The summed E-state index contributed by atoms with van der Waals surface area (Å²) in [6, 6.07) is 1.82. The molecule has 2 heterocycles. The molecule has 1 aliphatic rings. The Morgan fingerprint density at radius 2 is 1.81 bits per heavy atom. The maximum atomic E-state index is 11.7. The quantitative estimate of drug-likeness (QED) is 0.780. The Labute approximate surface area is 126 Å². The zero-order chi connectivity index (χ0) is 15.3. The lowest BCUT2D eigenvalue weighted by molar-refractivity contribution is -0.155. The van der Waals surface area contributed by atoms with E-state index in [4.69, 9.17) is 4.74 Å². The molecule has 1 saturated heterocycles. The minimum absolute atomic E-state index is 0.128. The molecule has 0 radical (unpaired) electrons. The van der Waals surface area contributed by atoms with Crippen LogP contribution in [-0.2, 0) is 9.53 Å². The van der Waals surface area contributed by atoms with Crippen LogP contribution in [0.3, 0.4) is 0 Å². The molecular weight excluding hydrogens is 268 g/mol. The van der Waals surface area contributed by atoms with Crippen LogP contribution in [-0.4, -0.2) is 59.2 Å². The predicted octanol–water partition coefficient (Wildman–Crippen LogP) is 1.33. The SMILES string of the molecule is CC(C)(C)OC(=O)CCN1CCN(c2ncccn2)CC1. The van der Waals surface area contributed by atoms with E-state index in [0.717, 1.165) is 38.7 Å². The van der Waals surface area contributed by atoms with Crippen LogP contribution >= 0.6 is 0 Å². The van der Waals surface area contributed by atoms with Crippen LogP contribution in [0.4, 0.5) is 5.95 Å². The van der Waals surface area contributed by atoms with Gasteiger partial charge >= 0.3 is 5.97 Å². The molecule has 0 unspecified atom stereocenters. The van der Waals surface area contributed by atoms with E-state index in [1.165, 1.54) is 0 Å². The van der Waals surface area contributed by atoms with Crippen LogP contribution in [0, 0.1) is 0 Å². The maximum Gasteiger partial charge on any atom is 0.307 e. The number of hydrogen-bond acceptors (Lipinski definition) is 6. The molecule has 0 N–H and O–H groups in total. The molecule has 1 aliphatic heterocycles. The van der Waals surface area contributed by atoms with Gasteiger partial charge in [-0.3, -0.25) is 9.69 Å². The molecule has 2 rings (SSSR count). The van der Waals surface area contributed by atoms with Crippen molar-refractivity contribution in [2.75, 3.05) is 37.6 Å². The predicted molar refractivity (Wildman–Crippen MR) is 81.1 cm³/mol. The zero-order valence-corrected chi connectivity index (χ0v) is 13.1. The molecular formula is C15H24N4O2. The van der Waals surface area contributed by atoms with E-state index < -0.39 is 5.60 Å². The first-order chi connectivity index (χ1) is 9.94. The van der Waals surface area contributed by atoms with Gasteiger partial charge in [-0.15, -0.1) is 0 Å². The van der Waals surface area contributed by atoms with Crippen molar-refractivity contribution in [1.82, 2.24) is 14.9 Å². The second-order valence-corrected chi connectivity index (χ2v) is 6.21. The van der Waals surface area contributed by atoms with Crippen molar-refractivity contribution in [3.63, 3.8) is 0 Å². The number of aromatic nitrogens is 2. The van der Waals surface area contributed by atoms with Gasteiger partial charge in [-0.2, -0.15) is 0 Å². The van der Waals surface area contributed by atoms with Crippen LogP contribution in [0.5, 0.6) is 0 Å². The minimum Gasteiger partial charge on any atom is -0.460 e. The van der Waals surface area contributed by atoms with Crippen molar-refractivity contribution in [2.45, 2.75) is 32.8 Å². The number of esters is 1. The Bertz CT molecular complexity index is 450. The van der Waals surface area contributed by atoms with Gasteiger partial charge in [0.25, 0.3) is 0 Å². The van der Waals surface area contributed by atoms with Crippen molar-refractivity contribution < 1.29 is 9.53 Å². The van der Waals surface area contributed by atoms with Crippen LogP contribution in [0.1, 0.15) is 27.2 Å². The number of carbonyl (C=O) groups is 1. The summed E-state index contributed by atoms with van der Waals surface area (Å²) >= 11 is 0. The second-order valence-electron chi connectivity index (χ2n) is 6.21. The average Bonchev–Trinajstić information content (AvgIpc) is 2.45. The Morgan fingerprint density at radius 1 is 1.19 bits per heavy atom. The number of hydrogen-bond donors (Lipinski definition) is 0. The normalized spacial score (nSPS) is 16.8. The topological polar surface area (TPSA) is 58.6 Å². The molecule has 0 bridgehead atoms. The molecule has 6 heteroatoms. The van der Waals surface area contributed by atoms with Crippen LogP contribution in [0.2, 0.25) is 0 Å². The summed E-state index contributed by atoms with van der Waals surface area (Å²) in [4.78, 5) is 24.7. The first-order valence-electron chi connectivity index (χ1n) is 7.40. The Morgan fingerprint density at radius 3 is 2.38 bits per heavy atom. The van der Waals surface area contributed by atoms with Crippen LogP contribution in [0.15, 0.2) is 18.5 Å². The molecule has 1 fully saturated rings. The zero-order valence-electron chi connectivity index (χ0n) is 13.1. The van der Waals surface area contributed by atoms with Gasteiger partial charge < -0.3 is 9.64 Å². The largest absolute Gasteiger partial charge is 0.460 e. The summed E-state index contributed by atoms with van der Waals surface area (Å²) in [7, 11) is 0. The fourth-order valence-electron chi connectivity index (χ4n) is 2.27. The monoisotopic (exact) mass is 292 g/mol. The molecule has 0 saturated carbocycles. The number of piperazine rings is 1. The summed E-state index contributed by atoms with van der Waals surface area (Å²) in [6.45, 7) is 10.0. The van der Waals surface area contributed by atoms with E-state index in [1.54, 1.807) is 12.4 Å². The smallest absolute Gasteiger partial charge is 0.307 e. The van der Waals surface area contributed by atoms with Gasteiger partial charge in [0, 0.05) is 45.1 Å². The second kappa shape index (κ2) is 6.85. The molecule has 0 aliphatic carbocycles. The van der Waals surface area contributed by atoms with E-state index in [9.17, 15) is 4.79 Å². The van der Waals surface area contributed by atoms with Crippen molar-refractivity contribution in [3.8, 4) is 0 Å². The van der Waals surface area contributed by atoms with Crippen molar-refractivity contribution in [3.05, 3.63) is 18.5 Å². The molecule has 1 aromatic heterocycles. The average molecular weight is 292 g/mol. The van der Waals surface area contributed by atoms with E-state index in [0.29, 0.717) is 6.42 Å². The third-order valence-electron chi connectivity index (χ3n) is 3.26. The highest BCUT2D eigenvalue weighted by atomic mass is 16.6. The van der Waals surface area contributed by atoms with Gasteiger partial charge in [-0.1, -0.05) is 0 Å². The number of ether oxygens (including phenoxy) is 1. The van der Waals surface area contributed by atoms with Gasteiger partial charge in [-0.05, 0) is 26.8 Å². The van der Waals surface area contributed by atoms with Crippen molar-refractivity contribution >= 4 is 11.9 Å². The van der Waals surface area contributed by atoms with Crippen LogP contribution < -0.4 is 4.90 Å². The summed E-state index contributed by atoms with van der Waals surface area (Å²) < 4.78 is 5.32. The van der Waals surface area contributed by atoms with Gasteiger partial charge in [0.15, 0.2) is 0 Å². The molecule has 0 spiro atoms. The van der Waals surface area contributed by atoms with Gasteiger partial charge in [-0.25, -0.2) is 9.97 Å². The highest BCUT2D eigenvalue weighted by Crippen LogP contribution is 2.11. The van der Waals surface area contributed by atoms with Gasteiger partial charge in [0.1, 0.15) is 5.60 Å². The lowest BCUT2D eigenvalue weighted by Gasteiger charge is -2.34. The van der Waals surface area contributed by atoms with Gasteiger partial charge in [0.2, 0.25) is 5.95 Å². The Balaban J connectivity index is 1.71. The number of carbonyl (C=O) groups excluding carboxylic acids is 1. The number of nitrogens with zero attached hydrogens (tertiary/aromatic N) is 4. The molecule has 6 nitrogen and oxygen atoms in total. The van der Waals surface area contributed by atoms with Crippen LogP contribution in [0.25, 0.3) is 0 Å². The molecule has 21 heavy (non-hydrogen) atoms. The molecule has 116 valence electrons. The summed E-state index contributed by atoms with van der Waals surface area (Å²) in [6.07, 6.45) is 3.97. The fourth-order valence-corrected chi connectivity index (χ4v) is 2.27. The summed E-state index contributed by atoms with van der Waals surface area (Å²) in [5.74, 6) is 0.653. The lowest BCUT2D eigenvalue weighted by atomic mass is 10.2. The van der Waals surface area contributed by atoms with Crippen molar-refractivity contribution in [1.29, 1.82) is 0 Å². The Kier molecular flexibility index (Phi) is 5.12. The number of anilines is 1. The molecule has 0 atom stereocenters. The standard InChI is InChI=1S/C15H24N4O2/c1-15(2,3)21-13(20)5-8-18-9-11-19(12-10-18)14-16-6-4-7-17-14/h4,6-7H,5,8-12H2,1-3H3. The van der Waals surface area contributed by atoms with E-state index in [1.807, 2.05) is 26.8 Å². The third kappa shape index (κ3) is 5.30. The van der Waals surface area contributed by atoms with E-state index in [2.05, 4.69) is 19.8 Å². The molecule has 0 aromatic carbocycles. The molecule has 0 amide bonds. The first-order valence-corrected chi connectivity index (χ1v) is 7.40. The fraction of sp³-hybridized carbons (Fsp3) is 0.667. The number of rotatable bonds is 4. The lowest BCUT2D eigenvalue weighted by Crippen LogP contribution is -2.47. The third-order valence-corrected chi connectivity index (χ3v) is 3.26. The first kappa shape index (κ1) is 15.7. The highest BCUT2D eigenvalue weighted by Gasteiger charge is 2.21.